The average molecular weight is 523 g/mol. The topological polar surface area (TPSA) is 144 Å². The number of nitriles is 2. The lowest BCUT2D eigenvalue weighted by atomic mass is 10.0. The summed E-state index contributed by atoms with van der Waals surface area (Å²) >= 11 is 0. The summed E-state index contributed by atoms with van der Waals surface area (Å²) in [6.45, 7) is -2.01. The highest BCUT2D eigenvalue weighted by atomic mass is 32.2. The van der Waals surface area contributed by atoms with Crippen LogP contribution in [0.4, 0.5) is 13.2 Å². The smallest absolute Gasteiger partial charge is 0.416 e. The number of β-amino-alcohol motifs (C(OH)–C–C–N with tert-alkyl or cyclic N) is 1. The highest BCUT2D eigenvalue weighted by molar-refractivity contribution is 7.89. The molecule has 2 aromatic carbocycles. The van der Waals surface area contributed by atoms with E-state index >= 15 is 0 Å². The minimum absolute atomic E-state index is 0.0671. The molecule has 1 heterocycles. The second kappa shape index (κ2) is 9.26. The van der Waals surface area contributed by atoms with E-state index in [1.165, 1.54) is 24.3 Å². The monoisotopic (exact) mass is 523 g/mol. The third kappa shape index (κ3) is 4.96. The zero-order valence-electron chi connectivity index (χ0n) is 18.6. The maximum absolute atomic E-state index is 13.3. The van der Waals surface area contributed by atoms with Gasteiger partial charge in [-0.3, -0.25) is 0 Å². The van der Waals surface area contributed by atoms with Crippen LogP contribution in [-0.2, 0) is 16.2 Å². The molecule has 13 heteroatoms. The van der Waals surface area contributed by atoms with Crippen LogP contribution in [0.15, 0.2) is 41.3 Å². The van der Waals surface area contributed by atoms with E-state index in [2.05, 4.69) is 0 Å². The van der Waals surface area contributed by atoms with Gasteiger partial charge in [0, 0.05) is 12.6 Å². The van der Waals surface area contributed by atoms with Gasteiger partial charge in [0.1, 0.15) is 17.8 Å². The number of sulfonamides is 1. The van der Waals surface area contributed by atoms with Gasteiger partial charge in [-0.1, -0.05) is 0 Å². The van der Waals surface area contributed by atoms with Crippen molar-refractivity contribution < 1.29 is 41.3 Å². The number of aliphatic hydroxyl groups is 2. The average Bonchev–Trinajstić information content (AvgIpc) is 3.60. The van der Waals surface area contributed by atoms with E-state index in [1.54, 1.807) is 0 Å². The summed E-state index contributed by atoms with van der Waals surface area (Å²) in [5.74, 6) is 0.330. The van der Waals surface area contributed by atoms with Crippen LogP contribution in [0.2, 0.25) is 0 Å². The molecule has 2 aliphatic rings. The molecule has 9 nitrogen and oxygen atoms in total. The Labute approximate surface area is 204 Å². The maximum Gasteiger partial charge on any atom is 0.416 e. The Balaban J connectivity index is 1.64. The van der Waals surface area contributed by atoms with E-state index in [-0.39, 0.29) is 23.2 Å². The molecule has 2 atom stereocenters. The van der Waals surface area contributed by atoms with Crippen molar-refractivity contribution >= 4 is 10.0 Å². The van der Waals surface area contributed by atoms with Gasteiger partial charge < -0.3 is 19.7 Å². The van der Waals surface area contributed by atoms with Crippen LogP contribution in [-0.4, -0.2) is 60.4 Å². The Bertz CT molecular complexity index is 1360. The van der Waals surface area contributed by atoms with Crippen molar-refractivity contribution in [1.82, 2.24) is 4.31 Å². The van der Waals surface area contributed by atoms with Gasteiger partial charge in [-0.2, -0.15) is 28.0 Å². The fraction of sp³-hybridized carbons (Fsp3) is 0.391. The van der Waals surface area contributed by atoms with Crippen LogP contribution in [0, 0.1) is 22.7 Å². The van der Waals surface area contributed by atoms with Crippen molar-refractivity contribution in [2.24, 2.45) is 0 Å². The van der Waals surface area contributed by atoms with E-state index in [9.17, 15) is 37.1 Å². The van der Waals surface area contributed by atoms with Gasteiger partial charge in [0.2, 0.25) is 10.0 Å². The molecule has 1 saturated heterocycles. The molecule has 1 aliphatic heterocycles. The maximum atomic E-state index is 13.3. The van der Waals surface area contributed by atoms with Crippen molar-refractivity contribution in [3.8, 4) is 23.6 Å². The van der Waals surface area contributed by atoms with Crippen molar-refractivity contribution in [3.63, 3.8) is 0 Å². The first-order chi connectivity index (χ1) is 16.9. The molecule has 0 unspecified atom stereocenters. The van der Waals surface area contributed by atoms with Gasteiger partial charge in [0.05, 0.1) is 46.9 Å². The minimum Gasteiger partial charge on any atom is -0.486 e. The highest BCUT2D eigenvalue weighted by Gasteiger charge is 2.51. The van der Waals surface area contributed by atoms with Crippen molar-refractivity contribution in [3.05, 3.63) is 53.1 Å². The van der Waals surface area contributed by atoms with Gasteiger partial charge in [0.15, 0.2) is 11.5 Å². The van der Waals surface area contributed by atoms with Crippen LogP contribution >= 0.6 is 0 Å². The standard InChI is InChI=1S/C23H20F3N3O6S/c24-23(25,26)16-2-6-20(15(8-16)10-28)36(32,33)29-11-21(22(31,12-29)13-30)35-18-5-1-14(9-27)7-19(18)34-17-3-4-17/h1-2,5-8,17,21,30-31H,3-4,11-13H2/t21-,22+/m0/s1. The molecule has 2 fully saturated rings. The van der Waals surface area contributed by atoms with Gasteiger partial charge in [0.25, 0.3) is 0 Å². The first-order valence-electron chi connectivity index (χ1n) is 10.7. The summed E-state index contributed by atoms with van der Waals surface area (Å²) in [6, 6.07) is 9.43. The quantitative estimate of drug-likeness (QED) is 0.562. The van der Waals surface area contributed by atoms with Gasteiger partial charge >= 0.3 is 6.18 Å². The molecule has 1 saturated carbocycles. The van der Waals surface area contributed by atoms with Crippen LogP contribution in [0.25, 0.3) is 0 Å². The van der Waals surface area contributed by atoms with Gasteiger partial charge in [-0.25, -0.2) is 8.42 Å². The zero-order chi connectivity index (χ0) is 26.3. The molecule has 1 aliphatic carbocycles. The van der Waals surface area contributed by atoms with E-state index in [0.717, 1.165) is 17.1 Å². The Hall–Kier alpha value is -3.36. The molecule has 0 bridgehead atoms. The number of ether oxygens (including phenoxy) is 2. The number of hydrogen-bond acceptors (Lipinski definition) is 8. The number of hydrogen-bond donors (Lipinski definition) is 2. The Morgan fingerprint density at radius 1 is 1.08 bits per heavy atom. The Morgan fingerprint density at radius 2 is 1.81 bits per heavy atom. The van der Waals surface area contributed by atoms with Crippen LogP contribution in [0.3, 0.4) is 0 Å². The zero-order valence-corrected chi connectivity index (χ0v) is 19.4. The molecular formula is C23H20F3N3O6S. The summed E-state index contributed by atoms with van der Waals surface area (Å²) in [4.78, 5) is -0.671. The van der Waals surface area contributed by atoms with E-state index in [0.29, 0.717) is 18.2 Å². The van der Waals surface area contributed by atoms with Crippen molar-refractivity contribution in [2.75, 3.05) is 19.7 Å². The second-order valence-electron chi connectivity index (χ2n) is 8.58. The lowest BCUT2D eigenvalue weighted by Crippen LogP contribution is -2.48. The number of halogens is 3. The summed E-state index contributed by atoms with van der Waals surface area (Å²) in [5, 5.41) is 39.3. The molecule has 0 spiro atoms. The highest BCUT2D eigenvalue weighted by Crippen LogP contribution is 2.38. The second-order valence-corrected chi connectivity index (χ2v) is 10.5. The number of alkyl halides is 3. The minimum atomic E-state index is -4.78. The van der Waals surface area contributed by atoms with Crippen LogP contribution in [0.5, 0.6) is 11.5 Å². The molecule has 4 rings (SSSR count). The number of rotatable bonds is 7. The molecule has 36 heavy (non-hydrogen) atoms. The third-order valence-electron chi connectivity index (χ3n) is 5.90. The molecule has 2 aromatic rings. The number of nitrogens with zero attached hydrogens (tertiary/aromatic N) is 3. The fourth-order valence-corrected chi connectivity index (χ4v) is 5.38. The molecule has 0 aromatic heterocycles. The first kappa shape index (κ1) is 25.7. The van der Waals surface area contributed by atoms with E-state index < -0.39 is 63.6 Å². The number of benzene rings is 2. The van der Waals surface area contributed by atoms with E-state index in [4.69, 9.17) is 14.7 Å². The predicted octanol–water partition coefficient (Wildman–Crippen LogP) is 2.17. The molecule has 0 radical (unpaired) electrons. The van der Waals surface area contributed by atoms with Gasteiger partial charge in [-0.05, 0) is 43.2 Å². The lowest BCUT2D eigenvalue weighted by Gasteiger charge is -2.27. The molecule has 0 amide bonds. The van der Waals surface area contributed by atoms with Crippen LogP contribution < -0.4 is 9.47 Å². The van der Waals surface area contributed by atoms with Crippen molar-refractivity contribution in [2.45, 2.75) is 41.7 Å². The summed E-state index contributed by atoms with van der Waals surface area (Å²) in [7, 11) is -4.56. The lowest BCUT2D eigenvalue weighted by molar-refractivity contribution is -0.137. The molecule has 2 N–H and O–H groups in total. The van der Waals surface area contributed by atoms with E-state index in [1.807, 2.05) is 6.07 Å². The number of aliphatic hydroxyl groups excluding tert-OH is 1. The largest absolute Gasteiger partial charge is 0.486 e. The molecule has 190 valence electrons. The van der Waals surface area contributed by atoms with Crippen LogP contribution in [0.1, 0.15) is 29.5 Å². The van der Waals surface area contributed by atoms with Crippen molar-refractivity contribution in [1.29, 1.82) is 10.5 Å². The predicted molar refractivity (Wildman–Crippen MR) is 116 cm³/mol. The fourth-order valence-electron chi connectivity index (χ4n) is 3.75. The Morgan fingerprint density at radius 3 is 2.39 bits per heavy atom. The normalized spacial score (nSPS) is 22.6. The summed E-state index contributed by atoms with van der Waals surface area (Å²) in [5.41, 5.74) is -3.68. The third-order valence-corrected chi connectivity index (χ3v) is 7.77. The summed E-state index contributed by atoms with van der Waals surface area (Å²) in [6.07, 6.45) is -4.53. The first-order valence-corrected chi connectivity index (χ1v) is 12.2. The SMILES string of the molecule is N#Cc1ccc(O[C@H]2CN(S(=O)(=O)c3ccc(C(F)(F)F)cc3C#N)C[C@@]2(O)CO)c(OC2CC2)c1. The Kier molecular flexibility index (Phi) is 6.62. The molecular weight excluding hydrogens is 503 g/mol. The van der Waals surface area contributed by atoms with Gasteiger partial charge in [-0.15, -0.1) is 0 Å². The summed E-state index contributed by atoms with van der Waals surface area (Å²) < 4.78 is 78.0.